The molecule has 5 nitrogen and oxygen atoms in total. The van der Waals surface area contributed by atoms with Crippen molar-refractivity contribution in [1.82, 2.24) is 4.31 Å². The molecule has 0 spiro atoms. The van der Waals surface area contributed by atoms with E-state index in [1.807, 2.05) is 0 Å². The predicted octanol–water partition coefficient (Wildman–Crippen LogP) is 1.94. The van der Waals surface area contributed by atoms with Crippen LogP contribution in [0.5, 0.6) is 0 Å². The summed E-state index contributed by atoms with van der Waals surface area (Å²) < 4.78 is 24.8. The minimum Gasteiger partial charge on any atom is -0.481 e. The van der Waals surface area contributed by atoms with Crippen molar-refractivity contribution in [3.05, 3.63) is 0 Å². The van der Waals surface area contributed by atoms with Crippen molar-refractivity contribution in [1.29, 1.82) is 0 Å². The molecule has 2 aliphatic rings. The van der Waals surface area contributed by atoms with Crippen LogP contribution in [0, 0.1) is 17.8 Å². The molecular formula is C14H25NO4S. The van der Waals surface area contributed by atoms with Crippen LogP contribution in [-0.4, -0.2) is 43.1 Å². The molecule has 0 amide bonds. The Balaban J connectivity index is 2.01. The Hall–Kier alpha value is -0.620. The van der Waals surface area contributed by atoms with Crippen molar-refractivity contribution < 1.29 is 18.3 Å². The molecule has 1 aliphatic heterocycles. The Kier molecular flexibility index (Phi) is 5.07. The van der Waals surface area contributed by atoms with Crippen molar-refractivity contribution in [3.63, 3.8) is 0 Å². The van der Waals surface area contributed by atoms with E-state index in [4.69, 9.17) is 0 Å². The van der Waals surface area contributed by atoms with Gasteiger partial charge in [0, 0.05) is 13.1 Å². The fraction of sp³-hybridized carbons (Fsp3) is 0.929. The maximum absolute atomic E-state index is 11.7. The number of sulfonamides is 1. The van der Waals surface area contributed by atoms with Crippen LogP contribution < -0.4 is 0 Å². The summed E-state index contributed by atoms with van der Waals surface area (Å²) in [7, 11) is -3.30. The summed E-state index contributed by atoms with van der Waals surface area (Å²) in [5.41, 5.74) is 0. The van der Waals surface area contributed by atoms with Crippen molar-refractivity contribution in [3.8, 4) is 0 Å². The van der Waals surface area contributed by atoms with Crippen LogP contribution in [0.2, 0.25) is 0 Å². The van der Waals surface area contributed by atoms with Crippen LogP contribution in [0.3, 0.4) is 0 Å². The van der Waals surface area contributed by atoms with Gasteiger partial charge in [-0.25, -0.2) is 12.7 Å². The number of carbonyl (C=O) groups is 1. The third kappa shape index (κ3) is 4.19. The Labute approximate surface area is 121 Å². The standard InChI is InChI=1S/C14H25NO4S/c1-20(18,19)15-9-12(8-13(10-15)14(16)17)7-11-5-3-2-4-6-11/h11-13H,2-10H2,1H3,(H,16,17)/t12-,13-/m1/s1. The van der Waals surface area contributed by atoms with Crippen LogP contribution in [-0.2, 0) is 14.8 Å². The van der Waals surface area contributed by atoms with Gasteiger partial charge < -0.3 is 5.11 Å². The minimum atomic E-state index is -3.30. The molecule has 0 aromatic heterocycles. The fourth-order valence-corrected chi connectivity index (χ4v) is 4.61. The third-order valence-electron chi connectivity index (χ3n) is 4.71. The number of rotatable bonds is 4. The average molecular weight is 303 g/mol. The summed E-state index contributed by atoms with van der Waals surface area (Å²) in [4.78, 5) is 11.2. The summed E-state index contributed by atoms with van der Waals surface area (Å²) in [5.74, 6) is -0.565. The van der Waals surface area contributed by atoms with Gasteiger partial charge in [0.15, 0.2) is 0 Å². The molecule has 1 N–H and O–H groups in total. The van der Waals surface area contributed by atoms with Crippen LogP contribution in [0.25, 0.3) is 0 Å². The molecule has 6 heteroatoms. The van der Waals surface area contributed by atoms with Gasteiger partial charge in [0.25, 0.3) is 0 Å². The van der Waals surface area contributed by atoms with E-state index in [-0.39, 0.29) is 12.5 Å². The third-order valence-corrected chi connectivity index (χ3v) is 5.95. The molecule has 2 atom stereocenters. The Morgan fingerprint density at radius 2 is 1.80 bits per heavy atom. The van der Waals surface area contributed by atoms with Gasteiger partial charge in [0.1, 0.15) is 0 Å². The maximum atomic E-state index is 11.7. The second-order valence-corrected chi connectivity index (χ2v) is 8.44. The summed E-state index contributed by atoms with van der Waals surface area (Å²) in [6.45, 7) is 0.633. The van der Waals surface area contributed by atoms with E-state index in [0.29, 0.717) is 18.9 Å². The first-order valence-corrected chi connectivity index (χ1v) is 9.39. The zero-order valence-corrected chi connectivity index (χ0v) is 12.9. The Morgan fingerprint density at radius 3 is 2.35 bits per heavy atom. The molecule has 20 heavy (non-hydrogen) atoms. The molecule has 0 aromatic rings. The zero-order valence-electron chi connectivity index (χ0n) is 12.1. The molecule has 1 saturated carbocycles. The highest BCUT2D eigenvalue weighted by Gasteiger charge is 2.36. The van der Waals surface area contributed by atoms with Crippen molar-refractivity contribution in [2.24, 2.45) is 17.8 Å². The number of carboxylic acid groups (broad SMARTS) is 1. The number of hydrogen-bond acceptors (Lipinski definition) is 3. The largest absolute Gasteiger partial charge is 0.481 e. The highest BCUT2D eigenvalue weighted by molar-refractivity contribution is 7.88. The zero-order chi connectivity index (χ0) is 14.8. The molecule has 1 saturated heterocycles. The van der Waals surface area contributed by atoms with E-state index in [9.17, 15) is 18.3 Å². The van der Waals surface area contributed by atoms with Crippen molar-refractivity contribution in [2.75, 3.05) is 19.3 Å². The van der Waals surface area contributed by atoms with Gasteiger partial charge in [-0.3, -0.25) is 4.79 Å². The second kappa shape index (κ2) is 6.43. The van der Waals surface area contributed by atoms with Gasteiger partial charge in [-0.2, -0.15) is 0 Å². The first-order valence-electron chi connectivity index (χ1n) is 7.54. The number of aliphatic carboxylic acids is 1. The first kappa shape index (κ1) is 15.8. The molecule has 2 rings (SSSR count). The molecule has 0 radical (unpaired) electrons. The van der Waals surface area contributed by atoms with E-state index in [0.717, 1.165) is 6.42 Å². The highest BCUT2D eigenvalue weighted by Crippen LogP contribution is 2.34. The SMILES string of the molecule is CS(=O)(=O)N1C[C@H](CC2CCCCC2)C[C@@H](C(=O)O)C1. The lowest BCUT2D eigenvalue weighted by Gasteiger charge is -2.36. The van der Waals surface area contributed by atoms with Gasteiger partial charge >= 0.3 is 5.97 Å². The van der Waals surface area contributed by atoms with E-state index >= 15 is 0 Å². The minimum absolute atomic E-state index is 0.134. The fourth-order valence-electron chi connectivity index (χ4n) is 3.67. The lowest BCUT2D eigenvalue weighted by Crippen LogP contribution is -2.46. The molecular weight excluding hydrogens is 278 g/mol. The summed E-state index contributed by atoms with van der Waals surface area (Å²) in [6.07, 6.45) is 9.03. The van der Waals surface area contributed by atoms with E-state index in [2.05, 4.69) is 0 Å². The molecule has 116 valence electrons. The van der Waals surface area contributed by atoms with Gasteiger partial charge in [0.2, 0.25) is 10.0 Å². The summed E-state index contributed by atoms with van der Waals surface area (Å²) in [6, 6.07) is 0. The first-order chi connectivity index (χ1) is 9.36. The van der Waals surface area contributed by atoms with E-state index in [1.165, 1.54) is 42.7 Å². The van der Waals surface area contributed by atoms with Gasteiger partial charge in [-0.05, 0) is 24.7 Å². The van der Waals surface area contributed by atoms with Gasteiger partial charge in [0.05, 0.1) is 12.2 Å². The second-order valence-electron chi connectivity index (χ2n) is 6.46. The van der Waals surface area contributed by atoms with Crippen LogP contribution in [0.1, 0.15) is 44.9 Å². The average Bonchev–Trinajstić information content (AvgIpc) is 2.38. The number of hydrogen-bond donors (Lipinski definition) is 1. The molecule has 2 fully saturated rings. The van der Waals surface area contributed by atoms with Gasteiger partial charge in [-0.1, -0.05) is 32.1 Å². The molecule has 1 aliphatic carbocycles. The van der Waals surface area contributed by atoms with Crippen LogP contribution in [0.4, 0.5) is 0 Å². The number of carboxylic acids is 1. The lowest BCUT2D eigenvalue weighted by molar-refractivity contribution is -0.143. The number of piperidine rings is 1. The maximum Gasteiger partial charge on any atom is 0.307 e. The summed E-state index contributed by atoms with van der Waals surface area (Å²) in [5, 5.41) is 9.22. The molecule has 0 aromatic carbocycles. The van der Waals surface area contributed by atoms with E-state index in [1.54, 1.807) is 0 Å². The Bertz CT molecular complexity index is 442. The predicted molar refractivity (Wildman–Crippen MR) is 76.8 cm³/mol. The van der Waals surface area contributed by atoms with E-state index < -0.39 is 21.9 Å². The van der Waals surface area contributed by atoms with Gasteiger partial charge in [-0.15, -0.1) is 0 Å². The highest BCUT2D eigenvalue weighted by atomic mass is 32.2. The smallest absolute Gasteiger partial charge is 0.307 e. The van der Waals surface area contributed by atoms with Crippen molar-refractivity contribution in [2.45, 2.75) is 44.9 Å². The van der Waals surface area contributed by atoms with Crippen molar-refractivity contribution >= 4 is 16.0 Å². The molecule has 1 heterocycles. The topological polar surface area (TPSA) is 74.7 Å². The molecule has 0 unspecified atom stereocenters. The monoisotopic (exact) mass is 303 g/mol. The quantitative estimate of drug-likeness (QED) is 0.861. The van der Waals surface area contributed by atoms with Crippen LogP contribution >= 0.6 is 0 Å². The van der Waals surface area contributed by atoms with Crippen LogP contribution in [0.15, 0.2) is 0 Å². The summed E-state index contributed by atoms with van der Waals surface area (Å²) >= 11 is 0. The lowest BCUT2D eigenvalue weighted by atomic mass is 9.79. The Morgan fingerprint density at radius 1 is 1.15 bits per heavy atom. The molecule has 0 bridgehead atoms. The normalized spacial score (nSPS) is 30.2. The number of nitrogens with zero attached hydrogens (tertiary/aromatic N) is 1.